The molecule has 2 heterocycles. The summed E-state index contributed by atoms with van der Waals surface area (Å²) < 4.78 is 5.51. The molecule has 2 aliphatic heterocycles. The molecule has 2 aromatic rings. The molecule has 2 saturated heterocycles. The van der Waals surface area contributed by atoms with Crippen LogP contribution in [0.3, 0.4) is 0 Å². The summed E-state index contributed by atoms with van der Waals surface area (Å²) in [6, 6.07) is 12.9. The first kappa shape index (κ1) is 14.0. The van der Waals surface area contributed by atoms with E-state index in [1.165, 1.54) is 55.4 Å². The van der Waals surface area contributed by atoms with Gasteiger partial charge in [0.2, 0.25) is 0 Å². The SMILES string of the molecule is COc1ccc(CN2CCC3(CCNC3)C2)c2ccccc12. The zero-order valence-electron chi connectivity index (χ0n) is 13.3. The van der Waals surface area contributed by atoms with Gasteiger partial charge in [0, 0.05) is 25.0 Å². The minimum absolute atomic E-state index is 0.544. The predicted molar refractivity (Wildman–Crippen MR) is 90.3 cm³/mol. The second-order valence-electron chi connectivity index (χ2n) is 6.86. The highest BCUT2D eigenvalue weighted by Gasteiger charge is 2.40. The van der Waals surface area contributed by atoms with Crippen LogP contribution in [0.2, 0.25) is 0 Å². The second kappa shape index (κ2) is 5.56. The van der Waals surface area contributed by atoms with E-state index in [0.29, 0.717) is 5.41 Å². The summed E-state index contributed by atoms with van der Waals surface area (Å²) in [5.41, 5.74) is 1.96. The molecule has 22 heavy (non-hydrogen) atoms. The molecule has 0 aliphatic carbocycles. The molecular weight excluding hydrogens is 272 g/mol. The zero-order chi connectivity index (χ0) is 15.0. The fourth-order valence-corrected chi connectivity index (χ4v) is 4.20. The molecule has 116 valence electrons. The van der Waals surface area contributed by atoms with Crippen LogP contribution in [0.5, 0.6) is 5.75 Å². The molecule has 0 saturated carbocycles. The number of hydrogen-bond donors (Lipinski definition) is 1. The third kappa shape index (κ3) is 2.38. The Balaban J connectivity index is 1.60. The van der Waals surface area contributed by atoms with Crippen molar-refractivity contribution < 1.29 is 4.74 Å². The Kier molecular flexibility index (Phi) is 3.55. The molecule has 0 aromatic heterocycles. The fourth-order valence-electron chi connectivity index (χ4n) is 4.20. The molecule has 4 rings (SSSR count). The number of benzene rings is 2. The van der Waals surface area contributed by atoms with Crippen LogP contribution in [-0.4, -0.2) is 38.2 Å². The minimum Gasteiger partial charge on any atom is -0.496 e. The molecule has 2 aromatic carbocycles. The van der Waals surface area contributed by atoms with Crippen LogP contribution in [-0.2, 0) is 6.54 Å². The summed E-state index contributed by atoms with van der Waals surface area (Å²) in [6.45, 7) is 5.90. The highest BCUT2D eigenvalue weighted by atomic mass is 16.5. The van der Waals surface area contributed by atoms with Gasteiger partial charge in [0.25, 0.3) is 0 Å². The average Bonchev–Trinajstić information content (AvgIpc) is 3.18. The maximum absolute atomic E-state index is 5.51. The fraction of sp³-hybridized carbons (Fsp3) is 0.474. The number of hydrogen-bond acceptors (Lipinski definition) is 3. The van der Waals surface area contributed by atoms with Crippen LogP contribution >= 0.6 is 0 Å². The van der Waals surface area contributed by atoms with Crippen molar-refractivity contribution in [1.82, 2.24) is 10.2 Å². The zero-order valence-corrected chi connectivity index (χ0v) is 13.3. The van der Waals surface area contributed by atoms with Gasteiger partial charge in [-0.1, -0.05) is 30.3 Å². The van der Waals surface area contributed by atoms with Gasteiger partial charge < -0.3 is 10.1 Å². The maximum Gasteiger partial charge on any atom is 0.126 e. The molecule has 0 amide bonds. The topological polar surface area (TPSA) is 24.5 Å². The van der Waals surface area contributed by atoms with Gasteiger partial charge in [0.15, 0.2) is 0 Å². The van der Waals surface area contributed by atoms with E-state index in [0.717, 1.165) is 12.3 Å². The molecule has 1 N–H and O–H groups in total. The lowest BCUT2D eigenvalue weighted by atomic mass is 9.86. The maximum atomic E-state index is 5.51. The number of nitrogens with zero attached hydrogens (tertiary/aromatic N) is 1. The van der Waals surface area contributed by atoms with Crippen molar-refractivity contribution in [3.8, 4) is 5.75 Å². The van der Waals surface area contributed by atoms with Gasteiger partial charge in [0.1, 0.15) is 5.75 Å². The lowest BCUT2D eigenvalue weighted by Crippen LogP contribution is -2.29. The molecule has 1 atom stereocenters. The standard InChI is InChI=1S/C19H24N2O/c1-22-18-7-6-15(16-4-2-3-5-17(16)18)12-21-11-9-19(14-21)8-10-20-13-19/h2-7,20H,8-14H2,1H3. The minimum atomic E-state index is 0.544. The van der Waals surface area contributed by atoms with Gasteiger partial charge in [0.05, 0.1) is 7.11 Å². The quantitative estimate of drug-likeness (QED) is 0.942. The summed E-state index contributed by atoms with van der Waals surface area (Å²) in [4.78, 5) is 2.63. The first-order valence-electron chi connectivity index (χ1n) is 8.27. The first-order chi connectivity index (χ1) is 10.8. The van der Waals surface area contributed by atoms with E-state index >= 15 is 0 Å². The van der Waals surface area contributed by atoms with E-state index in [-0.39, 0.29) is 0 Å². The van der Waals surface area contributed by atoms with Crippen molar-refractivity contribution in [3.63, 3.8) is 0 Å². The molecule has 1 spiro atoms. The summed E-state index contributed by atoms with van der Waals surface area (Å²) in [6.07, 6.45) is 2.68. The largest absolute Gasteiger partial charge is 0.496 e. The van der Waals surface area contributed by atoms with E-state index in [1.807, 2.05) is 0 Å². The smallest absolute Gasteiger partial charge is 0.126 e. The van der Waals surface area contributed by atoms with Crippen LogP contribution in [0, 0.1) is 5.41 Å². The van der Waals surface area contributed by atoms with Gasteiger partial charge in [-0.25, -0.2) is 0 Å². The summed E-state index contributed by atoms with van der Waals surface area (Å²) in [5, 5.41) is 6.09. The first-order valence-corrected chi connectivity index (χ1v) is 8.27. The Hall–Kier alpha value is -1.58. The lowest BCUT2D eigenvalue weighted by molar-refractivity contribution is 0.269. The second-order valence-corrected chi connectivity index (χ2v) is 6.86. The third-order valence-corrected chi connectivity index (χ3v) is 5.44. The van der Waals surface area contributed by atoms with Crippen molar-refractivity contribution in [2.45, 2.75) is 19.4 Å². The molecule has 0 radical (unpaired) electrons. The summed E-state index contributed by atoms with van der Waals surface area (Å²) in [7, 11) is 1.75. The van der Waals surface area contributed by atoms with Gasteiger partial charge >= 0.3 is 0 Å². The van der Waals surface area contributed by atoms with Crippen molar-refractivity contribution in [2.75, 3.05) is 33.3 Å². The van der Waals surface area contributed by atoms with E-state index in [4.69, 9.17) is 4.74 Å². The number of ether oxygens (including phenoxy) is 1. The summed E-state index contributed by atoms with van der Waals surface area (Å²) in [5.74, 6) is 0.970. The van der Waals surface area contributed by atoms with Gasteiger partial charge in [-0.15, -0.1) is 0 Å². The van der Waals surface area contributed by atoms with Gasteiger partial charge in [-0.2, -0.15) is 0 Å². The van der Waals surface area contributed by atoms with Crippen LogP contribution < -0.4 is 10.1 Å². The molecule has 0 bridgehead atoms. The Morgan fingerprint density at radius 3 is 2.77 bits per heavy atom. The van der Waals surface area contributed by atoms with Crippen LogP contribution in [0.15, 0.2) is 36.4 Å². The molecule has 2 fully saturated rings. The van der Waals surface area contributed by atoms with Crippen LogP contribution in [0.1, 0.15) is 18.4 Å². The Morgan fingerprint density at radius 1 is 1.14 bits per heavy atom. The monoisotopic (exact) mass is 296 g/mol. The van der Waals surface area contributed by atoms with Crippen molar-refractivity contribution in [1.29, 1.82) is 0 Å². The Morgan fingerprint density at radius 2 is 2.00 bits per heavy atom. The molecule has 1 unspecified atom stereocenters. The van der Waals surface area contributed by atoms with E-state index in [9.17, 15) is 0 Å². The van der Waals surface area contributed by atoms with E-state index in [2.05, 4.69) is 46.6 Å². The molecular formula is C19H24N2O. The van der Waals surface area contributed by atoms with Crippen molar-refractivity contribution in [3.05, 3.63) is 42.0 Å². The van der Waals surface area contributed by atoms with Crippen molar-refractivity contribution >= 4 is 10.8 Å². The van der Waals surface area contributed by atoms with Gasteiger partial charge in [-0.05, 0) is 48.4 Å². The number of likely N-dealkylation sites (tertiary alicyclic amines) is 1. The molecule has 3 heteroatoms. The normalized spacial score (nSPS) is 25.3. The Labute approximate surface area is 132 Å². The van der Waals surface area contributed by atoms with E-state index < -0.39 is 0 Å². The molecule has 2 aliphatic rings. The third-order valence-electron chi connectivity index (χ3n) is 5.44. The highest BCUT2D eigenvalue weighted by molar-refractivity contribution is 5.91. The number of rotatable bonds is 3. The Bertz CT molecular complexity index is 676. The van der Waals surface area contributed by atoms with Crippen molar-refractivity contribution in [2.24, 2.45) is 5.41 Å². The predicted octanol–water partition coefficient (Wildman–Crippen LogP) is 3.03. The van der Waals surface area contributed by atoms with Crippen LogP contribution in [0.4, 0.5) is 0 Å². The number of nitrogens with one attached hydrogen (secondary N) is 1. The van der Waals surface area contributed by atoms with Crippen LogP contribution in [0.25, 0.3) is 10.8 Å². The average molecular weight is 296 g/mol. The van der Waals surface area contributed by atoms with Gasteiger partial charge in [-0.3, -0.25) is 4.90 Å². The lowest BCUT2D eigenvalue weighted by Gasteiger charge is -2.23. The molecule has 3 nitrogen and oxygen atoms in total. The highest BCUT2D eigenvalue weighted by Crippen LogP contribution is 2.37. The van der Waals surface area contributed by atoms with E-state index in [1.54, 1.807) is 7.11 Å². The summed E-state index contributed by atoms with van der Waals surface area (Å²) >= 11 is 0. The number of methoxy groups -OCH3 is 1. The number of fused-ring (bicyclic) bond motifs is 1.